The summed E-state index contributed by atoms with van der Waals surface area (Å²) in [6.45, 7) is 1.54. The zero-order chi connectivity index (χ0) is 11.0. The summed E-state index contributed by atoms with van der Waals surface area (Å²) >= 11 is 5.79. The van der Waals surface area contributed by atoms with Gasteiger partial charge in [-0.05, 0) is 25.1 Å². The van der Waals surface area contributed by atoms with Crippen LogP contribution < -0.4 is 5.56 Å². The fourth-order valence-electron chi connectivity index (χ4n) is 1.33. The molecular formula is C10H9ClN2O2. The zero-order valence-electron chi connectivity index (χ0n) is 7.99. The van der Waals surface area contributed by atoms with Gasteiger partial charge in [-0.15, -0.1) is 0 Å². The van der Waals surface area contributed by atoms with Crippen LogP contribution in [0.4, 0.5) is 0 Å². The number of aliphatic hydroxyl groups excluding tert-OH is 1. The first-order valence-corrected chi connectivity index (χ1v) is 4.83. The second kappa shape index (κ2) is 3.64. The molecule has 0 unspecified atom stereocenters. The van der Waals surface area contributed by atoms with Crippen molar-refractivity contribution in [2.24, 2.45) is 0 Å². The molecule has 2 aromatic rings. The second-order valence-electron chi connectivity index (χ2n) is 3.29. The van der Waals surface area contributed by atoms with Crippen LogP contribution in [0.2, 0.25) is 5.02 Å². The zero-order valence-corrected chi connectivity index (χ0v) is 8.75. The second-order valence-corrected chi connectivity index (χ2v) is 3.73. The van der Waals surface area contributed by atoms with Crippen molar-refractivity contribution >= 4 is 22.5 Å². The molecule has 1 aromatic carbocycles. The van der Waals surface area contributed by atoms with Gasteiger partial charge in [0, 0.05) is 5.02 Å². The number of benzene rings is 1. The molecule has 0 aliphatic rings. The lowest BCUT2D eigenvalue weighted by Crippen LogP contribution is -2.13. The molecule has 1 heterocycles. The summed E-state index contributed by atoms with van der Waals surface area (Å²) in [4.78, 5) is 18.2. The van der Waals surface area contributed by atoms with Gasteiger partial charge in [-0.25, -0.2) is 4.98 Å². The lowest BCUT2D eigenvalue weighted by Gasteiger charge is -2.04. The number of aromatic nitrogens is 2. The largest absolute Gasteiger partial charge is 0.385 e. The van der Waals surface area contributed by atoms with Gasteiger partial charge in [0.2, 0.25) is 0 Å². The van der Waals surface area contributed by atoms with Crippen molar-refractivity contribution in [3.05, 3.63) is 39.4 Å². The average Bonchev–Trinajstić information content (AvgIpc) is 2.16. The Bertz CT molecular complexity index is 563. The van der Waals surface area contributed by atoms with E-state index in [1.165, 1.54) is 6.92 Å². The van der Waals surface area contributed by atoms with Gasteiger partial charge in [0.15, 0.2) is 0 Å². The first-order chi connectivity index (χ1) is 7.08. The number of rotatable bonds is 1. The molecule has 0 saturated heterocycles. The van der Waals surface area contributed by atoms with E-state index in [0.29, 0.717) is 15.9 Å². The van der Waals surface area contributed by atoms with Crippen LogP contribution in [0, 0.1) is 0 Å². The maximum absolute atomic E-state index is 11.6. The summed E-state index contributed by atoms with van der Waals surface area (Å²) in [6.07, 6.45) is -0.805. The number of aliphatic hydroxyl groups is 1. The van der Waals surface area contributed by atoms with Gasteiger partial charge < -0.3 is 10.1 Å². The minimum Gasteiger partial charge on any atom is -0.385 e. The molecule has 2 rings (SSSR count). The summed E-state index contributed by atoms with van der Waals surface area (Å²) in [5.41, 5.74) is 0.217. The minimum atomic E-state index is -0.805. The number of aromatic amines is 1. The van der Waals surface area contributed by atoms with E-state index < -0.39 is 6.10 Å². The van der Waals surface area contributed by atoms with Crippen LogP contribution in [-0.2, 0) is 0 Å². The molecule has 78 valence electrons. The van der Waals surface area contributed by atoms with E-state index in [9.17, 15) is 9.90 Å². The highest BCUT2D eigenvalue weighted by Gasteiger charge is 2.07. The molecule has 0 amide bonds. The highest BCUT2D eigenvalue weighted by Crippen LogP contribution is 2.15. The topological polar surface area (TPSA) is 66.0 Å². The van der Waals surface area contributed by atoms with E-state index >= 15 is 0 Å². The number of hydrogen-bond donors (Lipinski definition) is 2. The van der Waals surface area contributed by atoms with E-state index in [-0.39, 0.29) is 11.4 Å². The normalized spacial score (nSPS) is 13.0. The van der Waals surface area contributed by atoms with E-state index in [4.69, 9.17) is 11.6 Å². The van der Waals surface area contributed by atoms with E-state index in [1.54, 1.807) is 18.2 Å². The van der Waals surface area contributed by atoms with Crippen LogP contribution in [0.15, 0.2) is 23.0 Å². The van der Waals surface area contributed by atoms with Crippen LogP contribution in [0.3, 0.4) is 0 Å². The lowest BCUT2D eigenvalue weighted by atomic mass is 10.2. The van der Waals surface area contributed by atoms with Gasteiger partial charge >= 0.3 is 0 Å². The molecule has 0 aliphatic heterocycles. The van der Waals surface area contributed by atoms with Crippen LogP contribution >= 0.6 is 11.6 Å². The fraction of sp³-hybridized carbons (Fsp3) is 0.200. The summed E-state index contributed by atoms with van der Waals surface area (Å²) in [5, 5.41) is 10.3. The number of fused-ring (bicyclic) bond motifs is 1. The van der Waals surface area contributed by atoms with Crippen molar-refractivity contribution in [2.75, 3.05) is 0 Å². The molecule has 15 heavy (non-hydrogen) atoms. The van der Waals surface area contributed by atoms with E-state index in [0.717, 1.165) is 0 Å². The number of halogens is 1. The lowest BCUT2D eigenvalue weighted by molar-refractivity contribution is 0.189. The average molecular weight is 225 g/mol. The van der Waals surface area contributed by atoms with Gasteiger partial charge in [0.05, 0.1) is 10.9 Å². The summed E-state index contributed by atoms with van der Waals surface area (Å²) in [6, 6.07) is 4.83. The molecule has 0 saturated carbocycles. The Morgan fingerprint density at radius 3 is 2.93 bits per heavy atom. The summed E-state index contributed by atoms with van der Waals surface area (Å²) in [5.74, 6) is 0.245. The third-order valence-electron chi connectivity index (χ3n) is 2.08. The van der Waals surface area contributed by atoms with Gasteiger partial charge in [0.1, 0.15) is 11.9 Å². The SMILES string of the molecule is C[C@H](O)c1nc2cc(Cl)ccc2c(=O)[nH]1. The van der Waals surface area contributed by atoms with Gasteiger partial charge in [0.25, 0.3) is 5.56 Å². The predicted molar refractivity (Wildman–Crippen MR) is 58.0 cm³/mol. The Hall–Kier alpha value is -1.39. The Morgan fingerprint density at radius 1 is 1.53 bits per heavy atom. The van der Waals surface area contributed by atoms with E-state index in [2.05, 4.69) is 9.97 Å². The quantitative estimate of drug-likeness (QED) is 0.774. The van der Waals surface area contributed by atoms with Crippen LogP contribution in [0.25, 0.3) is 10.9 Å². The Morgan fingerprint density at radius 2 is 2.27 bits per heavy atom. The van der Waals surface area contributed by atoms with Crippen molar-refractivity contribution in [3.8, 4) is 0 Å². The smallest absolute Gasteiger partial charge is 0.258 e. The molecule has 0 aliphatic carbocycles. The molecular weight excluding hydrogens is 216 g/mol. The minimum absolute atomic E-state index is 0.245. The highest BCUT2D eigenvalue weighted by molar-refractivity contribution is 6.31. The summed E-state index contributed by atoms with van der Waals surface area (Å²) < 4.78 is 0. The van der Waals surface area contributed by atoms with Crippen LogP contribution in [-0.4, -0.2) is 15.1 Å². The van der Waals surface area contributed by atoms with Crippen molar-refractivity contribution in [3.63, 3.8) is 0 Å². The third-order valence-corrected chi connectivity index (χ3v) is 2.32. The number of H-pyrrole nitrogens is 1. The molecule has 1 aromatic heterocycles. The van der Waals surface area contributed by atoms with Crippen molar-refractivity contribution in [1.29, 1.82) is 0 Å². The maximum Gasteiger partial charge on any atom is 0.258 e. The molecule has 5 heteroatoms. The number of nitrogens with zero attached hydrogens (tertiary/aromatic N) is 1. The first-order valence-electron chi connectivity index (χ1n) is 4.45. The molecule has 0 spiro atoms. The molecule has 1 atom stereocenters. The monoisotopic (exact) mass is 224 g/mol. The fourth-order valence-corrected chi connectivity index (χ4v) is 1.49. The van der Waals surface area contributed by atoms with Crippen molar-refractivity contribution in [2.45, 2.75) is 13.0 Å². The molecule has 2 N–H and O–H groups in total. The Kier molecular flexibility index (Phi) is 2.46. The Labute approximate surface area is 90.5 Å². The molecule has 4 nitrogen and oxygen atoms in total. The molecule has 0 radical (unpaired) electrons. The first kappa shape index (κ1) is 10.1. The standard InChI is InChI=1S/C10H9ClN2O2/c1-5(14)9-12-8-4-6(11)2-3-7(8)10(15)13-9/h2-5,14H,1H3,(H,12,13,15)/t5-/m0/s1. The van der Waals surface area contributed by atoms with E-state index in [1.807, 2.05) is 0 Å². The van der Waals surface area contributed by atoms with Gasteiger partial charge in [-0.3, -0.25) is 4.79 Å². The number of nitrogens with one attached hydrogen (secondary N) is 1. The highest BCUT2D eigenvalue weighted by atomic mass is 35.5. The summed E-state index contributed by atoms with van der Waals surface area (Å²) in [7, 11) is 0. The maximum atomic E-state index is 11.6. The van der Waals surface area contributed by atoms with Crippen LogP contribution in [0.5, 0.6) is 0 Å². The third kappa shape index (κ3) is 1.86. The molecule has 0 fully saturated rings. The van der Waals surface area contributed by atoms with Crippen molar-refractivity contribution in [1.82, 2.24) is 9.97 Å². The van der Waals surface area contributed by atoms with Gasteiger partial charge in [-0.2, -0.15) is 0 Å². The van der Waals surface area contributed by atoms with Crippen LogP contribution in [0.1, 0.15) is 18.9 Å². The molecule has 0 bridgehead atoms. The predicted octanol–water partition coefficient (Wildman–Crippen LogP) is 1.63. The Balaban J connectivity index is 2.80. The van der Waals surface area contributed by atoms with Gasteiger partial charge in [-0.1, -0.05) is 11.6 Å². The van der Waals surface area contributed by atoms with Crippen molar-refractivity contribution < 1.29 is 5.11 Å². The number of hydrogen-bond acceptors (Lipinski definition) is 3.